The average molecular weight is 446 g/mol. The largest absolute Gasteiger partial charge is 0.326 e. The van der Waals surface area contributed by atoms with Crippen LogP contribution in [0.2, 0.25) is 5.02 Å². The minimum absolute atomic E-state index is 0.00837. The van der Waals surface area contributed by atoms with E-state index in [0.29, 0.717) is 16.5 Å². The van der Waals surface area contributed by atoms with Crippen molar-refractivity contribution in [2.45, 2.75) is 12.5 Å². The Morgan fingerprint density at radius 2 is 2.04 bits per heavy atom. The van der Waals surface area contributed by atoms with Gasteiger partial charge in [0.25, 0.3) is 5.91 Å². The van der Waals surface area contributed by atoms with Gasteiger partial charge >= 0.3 is 0 Å². The number of nitrogens with zero attached hydrogens (tertiary/aromatic N) is 2. The first kappa shape index (κ1) is 17.8. The zero-order chi connectivity index (χ0) is 19.0. The third-order valence-electron chi connectivity index (χ3n) is 4.28. The van der Waals surface area contributed by atoms with Crippen molar-refractivity contribution in [3.05, 3.63) is 64.2 Å². The molecule has 3 aromatic rings. The molecule has 0 radical (unpaired) electrons. The standard InChI is InChI=1S/C19H14BrClN4O2/c20-12-4-6-14(7-5-12)23-17(26)9-16-19(27)24-18-15(10-22-25(16)18)11-2-1-3-13(21)8-11/h1-8,10,16H,9H2,(H,23,26)(H,24,27). The van der Waals surface area contributed by atoms with E-state index in [1.807, 2.05) is 24.3 Å². The Bertz CT molecular complexity index is 1030. The molecule has 1 unspecified atom stereocenters. The molecule has 2 amide bonds. The number of nitrogens with one attached hydrogen (secondary N) is 2. The van der Waals surface area contributed by atoms with Crippen molar-refractivity contribution in [3.63, 3.8) is 0 Å². The summed E-state index contributed by atoms with van der Waals surface area (Å²) >= 11 is 9.40. The number of hydrogen-bond donors (Lipinski definition) is 2. The van der Waals surface area contributed by atoms with Crippen molar-refractivity contribution in [1.29, 1.82) is 0 Å². The number of aromatic nitrogens is 2. The van der Waals surface area contributed by atoms with Gasteiger partial charge in [-0.1, -0.05) is 39.7 Å². The van der Waals surface area contributed by atoms with Crippen molar-refractivity contribution < 1.29 is 9.59 Å². The lowest BCUT2D eigenvalue weighted by Crippen LogP contribution is -2.23. The number of benzene rings is 2. The molecule has 6 nitrogen and oxygen atoms in total. The second kappa shape index (κ2) is 7.17. The van der Waals surface area contributed by atoms with E-state index < -0.39 is 6.04 Å². The molecule has 4 rings (SSSR count). The van der Waals surface area contributed by atoms with Crippen molar-refractivity contribution in [2.75, 3.05) is 10.6 Å². The van der Waals surface area contributed by atoms with Crippen LogP contribution >= 0.6 is 27.5 Å². The Hall–Kier alpha value is -2.64. The summed E-state index contributed by atoms with van der Waals surface area (Å²) in [6, 6.07) is 13.9. The second-order valence-corrected chi connectivity index (χ2v) is 7.48. The van der Waals surface area contributed by atoms with Crippen LogP contribution in [0, 0.1) is 0 Å². The van der Waals surface area contributed by atoms with Gasteiger partial charge in [-0.3, -0.25) is 9.59 Å². The molecule has 0 fully saturated rings. The summed E-state index contributed by atoms with van der Waals surface area (Å²) in [5.74, 6) is 0.0566. The van der Waals surface area contributed by atoms with Gasteiger partial charge in [-0.2, -0.15) is 5.10 Å². The number of fused-ring (bicyclic) bond motifs is 1. The van der Waals surface area contributed by atoms with Crippen LogP contribution in [0.1, 0.15) is 12.5 Å². The van der Waals surface area contributed by atoms with Crippen LogP contribution < -0.4 is 10.6 Å². The zero-order valence-corrected chi connectivity index (χ0v) is 16.3. The van der Waals surface area contributed by atoms with Crippen molar-refractivity contribution in [1.82, 2.24) is 9.78 Å². The van der Waals surface area contributed by atoms with Gasteiger partial charge in [-0.05, 0) is 42.0 Å². The first-order valence-corrected chi connectivity index (χ1v) is 9.38. The predicted octanol–water partition coefficient (Wildman–Crippen LogP) is 4.49. The first-order chi connectivity index (χ1) is 13.0. The lowest BCUT2D eigenvalue weighted by Gasteiger charge is -2.10. The third-order valence-corrected chi connectivity index (χ3v) is 5.04. The molecule has 2 N–H and O–H groups in total. The van der Waals surface area contributed by atoms with Gasteiger partial charge in [0, 0.05) is 20.7 Å². The van der Waals surface area contributed by atoms with Gasteiger partial charge in [0.1, 0.15) is 11.9 Å². The van der Waals surface area contributed by atoms with Crippen LogP contribution in [0.3, 0.4) is 0 Å². The van der Waals surface area contributed by atoms with Crippen LogP contribution in [0.25, 0.3) is 11.1 Å². The number of carbonyl (C=O) groups excluding carboxylic acids is 2. The Kier molecular flexibility index (Phi) is 4.72. The molecule has 0 saturated heterocycles. The Labute approximate surface area is 168 Å². The van der Waals surface area contributed by atoms with E-state index in [4.69, 9.17) is 11.6 Å². The van der Waals surface area contributed by atoms with Crippen molar-refractivity contribution >= 4 is 50.9 Å². The van der Waals surface area contributed by atoms with Crippen LogP contribution in [0.4, 0.5) is 11.5 Å². The number of carbonyl (C=O) groups is 2. The van der Waals surface area contributed by atoms with E-state index in [2.05, 4.69) is 31.7 Å². The summed E-state index contributed by atoms with van der Waals surface area (Å²) in [4.78, 5) is 24.8. The summed E-state index contributed by atoms with van der Waals surface area (Å²) in [6.07, 6.45) is 1.66. The van der Waals surface area contributed by atoms with E-state index >= 15 is 0 Å². The number of hydrogen-bond acceptors (Lipinski definition) is 3. The number of anilines is 2. The van der Waals surface area contributed by atoms with E-state index in [9.17, 15) is 9.59 Å². The monoisotopic (exact) mass is 444 g/mol. The minimum Gasteiger partial charge on any atom is -0.326 e. The zero-order valence-electron chi connectivity index (χ0n) is 13.9. The fourth-order valence-electron chi connectivity index (χ4n) is 3.00. The Balaban J connectivity index is 1.54. The van der Waals surface area contributed by atoms with E-state index in [1.54, 1.807) is 35.1 Å². The molecule has 2 aromatic carbocycles. The molecule has 0 saturated carbocycles. The van der Waals surface area contributed by atoms with Gasteiger partial charge in [0.05, 0.1) is 12.6 Å². The highest BCUT2D eigenvalue weighted by atomic mass is 79.9. The first-order valence-electron chi connectivity index (χ1n) is 8.21. The molecule has 0 aliphatic carbocycles. The quantitative estimate of drug-likeness (QED) is 0.621. The lowest BCUT2D eigenvalue weighted by atomic mass is 10.1. The molecule has 1 aliphatic heterocycles. The van der Waals surface area contributed by atoms with Gasteiger partial charge < -0.3 is 10.6 Å². The highest BCUT2D eigenvalue weighted by molar-refractivity contribution is 9.10. The summed E-state index contributed by atoms with van der Waals surface area (Å²) in [5.41, 5.74) is 2.28. The minimum atomic E-state index is -0.691. The Morgan fingerprint density at radius 1 is 1.26 bits per heavy atom. The summed E-state index contributed by atoms with van der Waals surface area (Å²) in [5, 5.41) is 10.5. The number of halogens is 2. The second-order valence-electron chi connectivity index (χ2n) is 6.13. The molecule has 1 aromatic heterocycles. The van der Waals surface area contributed by atoms with Crippen LogP contribution in [-0.2, 0) is 9.59 Å². The maximum absolute atomic E-state index is 12.4. The van der Waals surface area contributed by atoms with Crippen LogP contribution in [0.15, 0.2) is 59.2 Å². The van der Waals surface area contributed by atoms with Gasteiger partial charge in [-0.15, -0.1) is 0 Å². The molecule has 27 heavy (non-hydrogen) atoms. The maximum atomic E-state index is 12.4. The van der Waals surface area contributed by atoms with Gasteiger partial charge in [-0.25, -0.2) is 4.68 Å². The molecule has 2 heterocycles. The topological polar surface area (TPSA) is 76.0 Å². The van der Waals surface area contributed by atoms with Crippen LogP contribution in [-0.4, -0.2) is 21.6 Å². The molecule has 136 valence electrons. The molecule has 8 heteroatoms. The van der Waals surface area contributed by atoms with Crippen molar-refractivity contribution in [3.8, 4) is 11.1 Å². The maximum Gasteiger partial charge on any atom is 0.251 e. The van der Waals surface area contributed by atoms with E-state index in [-0.39, 0.29) is 18.2 Å². The normalized spacial score (nSPS) is 15.3. The molecule has 1 atom stereocenters. The summed E-state index contributed by atoms with van der Waals surface area (Å²) < 4.78 is 2.48. The highest BCUT2D eigenvalue weighted by Crippen LogP contribution is 2.36. The van der Waals surface area contributed by atoms with E-state index in [0.717, 1.165) is 15.6 Å². The number of amides is 2. The van der Waals surface area contributed by atoms with Crippen LogP contribution in [0.5, 0.6) is 0 Å². The van der Waals surface area contributed by atoms with Gasteiger partial charge in [0.2, 0.25) is 5.91 Å². The predicted molar refractivity (Wildman–Crippen MR) is 108 cm³/mol. The highest BCUT2D eigenvalue weighted by Gasteiger charge is 2.35. The summed E-state index contributed by atoms with van der Waals surface area (Å²) in [6.45, 7) is 0. The lowest BCUT2D eigenvalue weighted by molar-refractivity contribution is -0.123. The summed E-state index contributed by atoms with van der Waals surface area (Å²) in [7, 11) is 0. The molecule has 1 aliphatic rings. The van der Waals surface area contributed by atoms with Crippen molar-refractivity contribution in [2.24, 2.45) is 0 Å². The third kappa shape index (κ3) is 3.61. The smallest absolute Gasteiger partial charge is 0.251 e. The SMILES string of the molecule is O=C(CC1C(=O)Nc2c(-c3cccc(Cl)c3)cnn21)Nc1ccc(Br)cc1. The number of rotatable bonds is 4. The molecule has 0 spiro atoms. The Morgan fingerprint density at radius 3 is 2.78 bits per heavy atom. The fraction of sp³-hybridized carbons (Fsp3) is 0.105. The molecule has 0 bridgehead atoms. The molecular formula is C19H14BrClN4O2. The fourth-order valence-corrected chi connectivity index (χ4v) is 3.46. The average Bonchev–Trinajstić information content (AvgIpc) is 3.17. The van der Waals surface area contributed by atoms with E-state index in [1.165, 1.54) is 0 Å². The van der Waals surface area contributed by atoms with Gasteiger partial charge in [0.15, 0.2) is 0 Å². The molecular weight excluding hydrogens is 432 g/mol.